The van der Waals surface area contributed by atoms with Crippen LogP contribution in [0.15, 0.2) is 16.7 Å². The van der Waals surface area contributed by atoms with Crippen LogP contribution in [0.2, 0.25) is 0 Å². The van der Waals surface area contributed by atoms with Crippen LogP contribution in [0, 0.1) is 5.82 Å². The zero-order chi connectivity index (χ0) is 8.55. The summed E-state index contributed by atoms with van der Waals surface area (Å²) in [4.78, 5) is 3.81. The van der Waals surface area contributed by atoms with Gasteiger partial charge in [0, 0.05) is 0 Å². The third kappa shape index (κ3) is 1.75. The van der Waals surface area contributed by atoms with Crippen molar-refractivity contribution < 1.29 is 9.13 Å². The average Bonchev–Trinajstić information content (AvgIpc) is 2.79. The van der Waals surface area contributed by atoms with Crippen LogP contribution in [0.1, 0.15) is 12.8 Å². The maximum atomic E-state index is 12.6. The van der Waals surface area contributed by atoms with Gasteiger partial charge in [-0.1, -0.05) is 0 Å². The Balaban J connectivity index is 2.18. The van der Waals surface area contributed by atoms with Crippen molar-refractivity contribution >= 4 is 15.9 Å². The molecule has 1 aromatic heterocycles. The quantitative estimate of drug-likeness (QED) is 0.781. The lowest BCUT2D eigenvalue weighted by atomic mass is 10.5. The van der Waals surface area contributed by atoms with E-state index in [9.17, 15) is 4.39 Å². The molecule has 1 heterocycles. The lowest BCUT2D eigenvalue weighted by Crippen LogP contribution is -1.99. The first-order valence-corrected chi connectivity index (χ1v) is 4.53. The van der Waals surface area contributed by atoms with Gasteiger partial charge < -0.3 is 4.74 Å². The summed E-state index contributed by atoms with van der Waals surface area (Å²) in [5.41, 5.74) is 0. The lowest BCUT2D eigenvalue weighted by molar-refractivity contribution is 0.288. The Bertz CT molecular complexity index is 301. The van der Waals surface area contributed by atoms with E-state index in [0.717, 1.165) is 19.0 Å². The van der Waals surface area contributed by atoms with Crippen LogP contribution >= 0.6 is 15.9 Å². The van der Waals surface area contributed by atoms with Crippen LogP contribution in [0.25, 0.3) is 0 Å². The van der Waals surface area contributed by atoms with Crippen LogP contribution < -0.4 is 4.74 Å². The van der Waals surface area contributed by atoms with E-state index in [4.69, 9.17) is 4.74 Å². The Labute approximate surface area is 77.9 Å². The van der Waals surface area contributed by atoms with Crippen LogP contribution in [0.4, 0.5) is 4.39 Å². The minimum atomic E-state index is -0.356. The van der Waals surface area contributed by atoms with Gasteiger partial charge in [-0.3, -0.25) is 0 Å². The van der Waals surface area contributed by atoms with Crippen LogP contribution in [-0.2, 0) is 0 Å². The molecule has 0 atom stereocenters. The van der Waals surface area contributed by atoms with Gasteiger partial charge in [0.1, 0.15) is 11.9 Å². The molecule has 0 spiro atoms. The third-order valence-corrected chi connectivity index (χ3v) is 2.14. The van der Waals surface area contributed by atoms with Gasteiger partial charge in [-0.15, -0.1) is 0 Å². The Kier molecular flexibility index (Phi) is 2.00. The molecule has 0 amide bonds. The number of nitrogens with zero attached hydrogens (tertiary/aromatic N) is 1. The largest absolute Gasteiger partial charge is 0.474 e. The van der Waals surface area contributed by atoms with Gasteiger partial charge in [0.05, 0.1) is 10.7 Å². The van der Waals surface area contributed by atoms with Crippen molar-refractivity contribution in [1.82, 2.24) is 4.98 Å². The first-order chi connectivity index (χ1) is 5.75. The second kappa shape index (κ2) is 3.01. The van der Waals surface area contributed by atoms with Gasteiger partial charge in [-0.05, 0) is 34.8 Å². The highest BCUT2D eigenvalue weighted by Crippen LogP contribution is 2.30. The van der Waals surface area contributed by atoms with Gasteiger partial charge in [-0.25, -0.2) is 9.37 Å². The van der Waals surface area contributed by atoms with Gasteiger partial charge in [0.2, 0.25) is 5.88 Å². The van der Waals surface area contributed by atoms with E-state index >= 15 is 0 Å². The molecule has 0 bridgehead atoms. The van der Waals surface area contributed by atoms with E-state index in [1.165, 1.54) is 6.07 Å². The predicted octanol–water partition coefficient (Wildman–Crippen LogP) is 2.52. The van der Waals surface area contributed by atoms with Crippen LogP contribution in [0.5, 0.6) is 5.88 Å². The lowest BCUT2D eigenvalue weighted by Gasteiger charge is -2.04. The average molecular weight is 232 g/mol. The number of aromatic nitrogens is 1. The van der Waals surface area contributed by atoms with Crippen LogP contribution in [0.3, 0.4) is 0 Å². The Hall–Kier alpha value is -0.640. The molecular formula is C8H7BrFNO. The standard InChI is InChI=1S/C8H7BrFNO/c9-7-3-5(10)4-11-8(7)12-6-1-2-6/h3-4,6H,1-2H2. The minimum Gasteiger partial charge on any atom is -0.474 e. The van der Waals surface area contributed by atoms with Gasteiger partial charge in [0.25, 0.3) is 0 Å². The van der Waals surface area contributed by atoms with Crippen molar-refractivity contribution in [3.63, 3.8) is 0 Å². The fourth-order valence-corrected chi connectivity index (χ4v) is 1.25. The van der Waals surface area contributed by atoms with Crippen molar-refractivity contribution in [1.29, 1.82) is 0 Å². The maximum absolute atomic E-state index is 12.6. The Morgan fingerprint density at radius 2 is 2.33 bits per heavy atom. The normalized spacial score (nSPS) is 16.2. The third-order valence-electron chi connectivity index (χ3n) is 1.58. The minimum absolute atomic E-state index is 0.291. The highest BCUT2D eigenvalue weighted by atomic mass is 79.9. The number of hydrogen-bond donors (Lipinski definition) is 0. The molecule has 0 saturated heterocycles. The molecule has 0 N–H and O–H groups in total. The van der Waals surface area contributed by atoms with E-state index in [2.05, 4.69) is 20.9 Å². The molecule has 0 aromatic carbocycles. The van der Waals surface area contributed by atoms with Crippen molar-refractivity contribution in [2.75, 3.05) is 0 Å². The van der Waals surface area contributed by atoms with Crippen molar-refractivity contribution in [2.24, 2.45) is 0 Å². The van der Waals surface area contributed by atoms with E-state index in [0.29, 0.717) is 16.5 Å². The van der Waals surface area contributed by atoms with E-state index < -0.39 is 0 Å². The highest BCUT2D eigenvalue weighted by molar-refractivity contribution is 9.10. The maximum Gasteiger partial charge on any atom is 0.228 e. The molecule has 0 aliphatic heterocycles. The van der Waals surface area contributed by atoms with E-state index in [1.807, 2.05) is 0 Å². The number of hydrogen-bond acceptors (Lipinski definition) is 2. The van der Waals surface area contributed by atoms with Crippen molar-refractivity contribution in [3.05, 3.63) is 22.6 Å². The summed E-state index contributed by atoms with van der Waals surface area (Å²) in [7, 11) is 0. The second-order valence-electron chi connectivity index (χ2n) is 2.76. The Morgan fingerprint density at radius 1 is 1.58 bits per heavy atom. The van der Waals surface area contributed by atoms with Crippen molar-refractivity contribution in [3.8, 4) is 5.88 Å². The first kappa shape index (κ1) is 7.98. The van der Waals surface area contributed by atoms with Crippen LogP contribution in [-0.4, -0.2) is 11.1 Å². The molecular weight excluding hydrogens is 225 g/mol. The van der Waals surface area contributed by atoms with E-state index in [1.54, 1.807) is 0 Å². The monoisotopic (exact) mass is 231 g/mol. The fraction of sp³-hybridized carbons (Fsp3) is 0.375. The van der Waals surface area contributed by atoms with Gasteiger partial charge in [-0.2, -0.15) is 0 Å². The zero-order valence-corrected chi connectivity index (χ0v) is 7.84. The molecule has 0 radical (unpaired) electrons. The molecule has 1 fully saturated rings. The molecule has 0 unspecified atom stereocenters. The molecule has 1 aliphatic carbocycles. The summed E-state index contributed by atoms with van der Waals surface area (Å²) in [6.45, 7) is 0. The predicted molar refractivity (Wildman–Crippen MR) is 45.5 cm³/mol. The molecule has 64 valence electrons. The highest BCUT2D eigenvalue weighted by Gasteiger charge is 2.24. The Morgan fingerprint density at radius 3 is 2.92 bits per heavy atom. The molecule has 12 heavy (non-hydrogen) atoms. The zero-order valence-electron chi connectivity index (χ0n) is 6.26. The smallest absolute Gasteiger partial charge is 0.228 e. The van der Waals surface area contributed by atoms with E-state index in [-0.39, 0.29) is 5.82 Å². The fourth-order valence-electron chi connectivity index (χ4n) is 0.833. The molecule has 2 rings (SSSR count). The second-order valence-corrected chi connectivity index (χ2v) is 3.61. The number of pyridine rings is 1. The summed E-state index contributed by atoms with van der Waals surface area (Å²) >= 11 is 3.18. The molecule has 2 nitrogen and oxygen atoms in total. The number of halogens is 2. The number of rotatable bonds is 2. The topological polar surface area (TPSA) is 22.1 Å². The molecule has 1 saturated carbocycles. The SMILES string of the molecule is Fc1cnc(OC2CC2)c(Br)c1. The summed E-state index contributed by atoms with van der Waals surface area (Å²) in [6.07, 6.45) is 3.60. The summed E-state index contributed by atoms with van der Waals surface area (Å²) in [5, 5.41) is 0. The van der Waals surface area contributed by atoms with Crippen molar-refractivity contribution in [2.45, 2.75) is 18.9 Å². The summed E-state index contributed by atoms with van der Waals surface area (Å²) < 4.78 is 18.5. The number of ether oxygens (including phenoxy) is 1. The first-order valence-electron chi connectivity index (χ1n) is 3.73. The molecule has 1 aliphatic rings. The molecule has 1 aromatic rings. The molecule has 4 heteroatoms. The summed E-state index contributed by atoms with van der Waals surface area (Å²) in [5.74, 6) is 0.129. The van der Waals surface area contributed by atoms with Gasteiger partial charge >= 0.3 is 0 Å². The van der Waals surface area contributed by atoms with Gasteiger partial charge in [0.15, 0.2) is 0 Å². The summed E-state index contributed by atoms with van der Waals surface area (Å²) in [6, 6.07) is 1.35.